The SMILES string of the molecule is CCN(CC(=O)O)C1CC(NC(=O)N[C@@H](C)CC2CCCCC2)C1. The summed E-state index contributed by atoms with van der Waals surface area (Å²) in [5, 5.41) is 15.0. The Kier molecular flexibility index (Phi) is 7.34. The van der Waals surface area contributed by atoms with Crippen molar-refractivity contribution in [3.8, 4) is 0 Å². The molecule has 0 aromatic heterocycles. The fourth-order valence-electron chi connectivity index (χ4n) is 4.11. The van der Waals surface area contributed by atoms with Gasteiger partial charge in [0.25, 0.3) is 0 Å². The summed E-state index contributed by atoms with van der Waals surface area (Å²) < 4.78 is 0. The van der Waals surface area contributed by atoms with E-state index in [4.69, 9.17) is 5.11 Å². The molecule has 2 aliphatic rings. The number of aliphatic carboxylic acids is 1. The van der Waals surface area contributed by atoms with Crippen molar-refractivity contribution in [2.75, 3.05) is 13.1 Å². The quantitative estimate of drug-likeness (QED) is 0.635. The minimum atomic E-state index is -0.789. The summed E-state index contributed by atoms with van der Waals surface area (Å²) >= 11 is 0. The van der Waals surface area contributed by atoms with Crippen LogP contribution in [0.5, 0.6) is 0 Å². The van der Waals surface area contributed by atoms with Gasteiger partial charge in [-0.1, -0.05) is 39.0 Å². The molecule has 2 rings (SSSR count). The van der Waals surface area contributed by atoms with Crippen molar-refractivity contribution < 1.29 is 14.7 Å². The highest BCUT2D eigenvalue weighted by Gasteiger charge is 2.34. The highest BCUT2D eigenvalue weighted by molar-refractivity contribution is 5.74. The lowest BCUT2D eigenvalue weighted by molar-refractivity contribution is -0.139. The van der Waals surface area contributed by atoms with Crippen molar-refractivity contribution in [3.63, 3.8) is 0 Å². The molecule has 2 aliphatic carbocycles. The topological polar surface area (TPSA) is 81.7 Å². The van der Waals surface area contributed by atoms with Gasteiger partial charge in [-0.2, -0.15) is 0 Å². The lowest BCUT2D eigenvalue weighted by Gasteiger charge is -2.42. The van der Waals surface area contributed by atoms with Gasteiger partial charge in [-0.3, -0.25) is 9.69 Å². The number of carboxylic acid groups (broad SMARTS) is 1. The van der Waals surface area contributed by atoms with Crippen molar-refractivity contribution in [2.45, 2.75) is 83.3 Å². The maximum atomic E-state index is 12.1. The minimum absolute atomic E-state index is 0.0805. The van der Waals surface area contributed by atoms with Crippen LogP contribution in [0.2, 0.25) is 0 Å². The van der Waals surface area contributed by atoms with Crippen molar-refractivity contribution >= 4 is 12.0 Å². The Bertz CT molecular complexity index is 418. The molecule has 138 valence electrons. The minimum Gasteiger partial charge on any atom is -0.480 e. The molecule has 0 unspecified atom stereocenters. The van der Waals surface area contributed by atoms with Gasteiger partial charge < -0.3 is 15.7 Å². The predicted molar refractivity (Wildman–Crippen MR) is 94.0 cm³/mol. The number of hydrogen-bond acceptors (Lipinski definition) is 3. The Morgan fingerprint density at radius 2 is 1.88 bits per heavy atom. The van der Waals surface area contributed by atoms with E-state index < -0.39 is 5.97 Å². The van der Waals surface area contributed by atoms with Crippen LogP contribution in [0, 0.1) is 5.92 Å². The monoisotopic (exact) mass is 339 g/mol. The third-order valence-electron chi connectivity index (χ3n) is 5.50. The molecular weight excluding hydrogens is 306 g/mol. The van der Waals surface area contributed by atoms with Gasteiger partial charge in [0.1, 0.15) is 0 Å². The van der Waals surface area contributed by atoms with Crippen LogP contribution < -0.4 is 10.6 Å². The number of hydrogen-bond donors (Lipinski definition) is 3. The number of nitrogens with zero attached hydrogens (tertiary/aromatic N) is 1. The average Bonchev–Trinajstić information content (AvgIpc) is 2.49. The van der Waals surface area contributed by atoms with Crippen LogP contribution in [0.1, 0.15) is 65.2 Å². The second-order valence-electron chi connectivity index (χ2n) is 7.54. The van der Waals surface area contributed by atoms with Gasteiger partial charge >= 0.3 is 12.0 Å². The fraction of sp³-hybridized carbons (Fsp3) is 0.889. The van der Waals surface area contributed by atoms with Crippen LogP contribution in [0.4, 0.5) is 4.79 Å². The number of amides is 2. The Morgan fingerprint density at radius 3 is 2.46 bits per heavy atom. The molecule has 0 spiro atoms. The van der Waals surface area contributed by atoms with Crippen LogP contribution in [-0.4, -0.2) is 53.2 Å². The third-order valence-corrected chi connectivity index (χ3v) is 5.50. The van der Waals surface area contributed by atoms with Crippen molar-refractivity contribution in [3.05, 3.63) is 0 Å². The Hall–Kier alpha value is -1.30. The first-order chi connectivity index (χ1) is 11.5. The molecule has 2 fully saturated rings. The van der Waals surface area contributed by atoms with Gasteiger partial charge in [-0.05, 0) is 38.6 Å². The molecule has 0 aromatic rings. The molecule has 6 nitrogen and oxygen atoms in total. The number of nitrogens with one attached hydrogen (secondary N) is 2. The van der Waals surface area contributed by atoms with E-state index in [0.29, 0.717) is 0 Å². The molecule has 2 saturated carbocycles. The summed E-state index contributed by atoms with van der Waals surface area (Å²) in [6.45, 7) is 4.87. The first-order valence-electron chi connectivity index (χ1n) is 9.50. The Labute approximate surface area is 145 Å². The van der Waals surface area contributed by atoms with Crippen LogP contribution in [0.25, 0.3) is 0 Å². The first kappa shape index (κ1) is 19.0. The van der Waals surface area contributed by atoms with Gasteiger partial charge in [-0.25, -0.2) is 4.79 Å². The number of urea groups is 1. The van der Waals surface area contributed by atoms with Crippen molar-refractivity contribution in [2.24, 2.45) is 5.92 Å². The van der Waals surface area contributed by atoms with E-state index in [9.17, 15) is 9.59 Å². The van der Waals surface area contributed by atoms with Crippen LogP contribution in [0.15, 0.2) is 0 Å². The molecule has 0 saturated heterocycles. The number of likely N-dealkylation sites (N-methyl/N-ethyl adjacent to an activating group) is 1. The molecular formula is C18H33N3O3. The maximum Gasteiger partial charge on any atom is 0.317 e. The second kappa shape index (κ2) is 9.25. The molecule has 24 heavy (non-hydrogen) atoms. The van der Waals surface area contributed by atoms with Gasteiger partial charge in [0, 0.05) is 18.1 Å². The highest BCUT2D eigenvalue weighted by atomic mass is 16.4. The number of rotatable bonds is 8. The summed E-state index contributed by atoms with van der Waals surface area (Å²) in [6.07, 6.45) is 9.37. The van der Waals surface area contributed by atoms with Crippen molar-refractivity contribution in [1.82, 2.24) is 15.5 Å². The second-order valence-corrected chi connectivity index (χ2v) is 7.54. The smallest absolute Gasteiger partial charge is 0.317 e. The number of carbonyl (C=O) groups excluding carboxylic acids is 1. The summed E-state index contributed by atoms with van der Waals surface area (Å²) in [5.41, 5.74) is 0. The molecule has 3 N–H and O–H groups in total. The molecule has 0 radical (unpaired) electrons. The lowest BCUT2D eigenvalue weighted by Crippen LogP contribution is -2.57. The normalized spacial score (nSPS) is 25.8. The van der Waals surface area contributed by atoms with E-state index in [1.807, 2.05) is 11.8 Å². The molecule has 2 amide bonds. The van der Waals surface area contributed by atoms with E-state index >= 15 is 0 Å². The van der Waals surface area contributed by atoms with Crippen LogP contribution in [0.3, 0.4) is 0 Å². The zero-order valence-corrected chi connectivity index (χ0v) is 15.1. The maximum absolute atomic E-state index is 12.1. The van der Waals surface area contributed by atoms with E-state index in [-0.39, 0.29) is 30.7 Å². The zero-order valence-electron chi connectivity index (χ0n) is 15.1. The lowest BCUT2D eigenvalue weighted by atomic mass is 9.85. The number of carbonyl (C=O) groups is 2. The van der Waals surface area contributed by atoms with E-state index in [2.05, 4.69) is 17.6 Å². The molecule has 6 heteroatoms. The molecule has 0 heterocycles. The van der Waals surface area contributed by atoms with Crippen LogP contribution >= 0.6 is 0 Å². The predicted octanol–water partition coefficient (Wildman–Crippen LogP) is 2.58. The standard InChI is InChI=1S/C18H33N3O3/c1-3-21(12-17(22)23)16-10-15(11-16)20-18(24)19-13(2)9-14-7-5-4-6-8-14/h13-16H,3-12H2,1-2H3,(H,22,23)(H2,19,20,24)/t13-,15?,16?/m0/s1. The fourth-order valence-corrected chi connectivity index (χ4v) is 4.11. The molecule has 1 atom stereocenters. The Balaban J connectivity index is 1.62. The Morgan fingerprint density at radius 1 is 1.21 bits per heavy atom. The summed E-state index contributed by atoms with van der Waals surface area (Å²) in [6, 6.07) is 0.571. The van der Waals surface area contributed by atoms with Gasteiger partial charge in [0.15, 0.2) is 0 Å². The summed E-state index contributed by atoms with van der Waals surface area (Å²) in [4.78, 5) is 24.9. The van der Waals surface area contributed by atoms with E-state index in [0.717, 1.165) is 31.7 Å². The molecule has 0 bridgehead atoms. The highest BCUT2D eigenvalue weighted by Crippen LogP contribution is 2.27. The first-order valence-corrected chi connectivity index (χ1v) is 9.50. The largest absolute Gasteiger partial charge is 0.480 e. The van der Waals surface area contributed by atoms with E-state index in [1.54, 1.807) is 0 Å². The van der Waals surface area contributed by atoms with Gasteiger partial charge in [0.05, 0.1) is 6.54 Å². The molecule has 0 aromatic carbocycles. The average molecular weight is 339 g/mol. The number of carboxylic acids is 1. The van der Waals surface area contributed by atoms with Gasteiger partial charge in [0.2, 0.25) is 0 Å². The van der Waals surface area contributed by atoms with Crippen molar-refractivity contribution in [1.29, 1.82) is 0 Å². The zero-order chi connectivity index (χ0) is 17.5. The van der Waals surface area contributed by atoms with Gasteiger partial charge in [-0.15, -0.1) is 0 Å². The molecule has 0 aliphatic heterocycles. The van der Waals surface area contributed by atoms with Crippen LogP contribution in [-0.2, 0) is 4.79 Å². The summed E-state index contributed by atoms with van der Waals surface area (Å²) in [7, 11) is 0. The van der Waals surface area contributed by atoms with E-state index in [1.165, 1.54) is 32.1 Å². The third kappa shape index (κ3) is 5.96. The summed E-state index contributed by atoms with van der Waals surface area (Å²) in [5.74, 6) is -0.0289.